The van der Waals surface area contributed by atoms with Crippen molar-refractivity contribution >= 4 is 39.0 Å². The molecule has 2 aromatic carbocycles. The van der Waals surface area contributed by atoms with Gasteiger partial charge in [0.15, 0.2) is 0 Å². The van der Waals surface area contributed by atoms with Crippen LogP contribution in [-0.4, -0.2) is 17.1 Å². The van der Waals surface area contributed by atoms with Crippen LogP contribution in [0.15, 0.2) is 64.2 Å². The minimum absolute atomic E-state index is 0.264. The van der Waals surface area contributed by atoms with E-state index in [1.54, 1.807) is 12.3 Å². The molecule has 0 fully saturated rings. The quantitative estimate of drug-likeness (QED) is 0.553. The Morgan fingerprint density at radius 1 is 1.14 bits per heavy atom. The Bertz CT molecular complexity index is 773. The number of carbonyl (C=O) groups is 1. The molecule has 0 radical (unpaired) electrons. The highest BCUT2D eigenvalue weighted by Crippen LogP contribution is 2.14. The molecule has 1 aromatic heterocycles. The number of fused-ring (bicyclic) bond motifs is 1. The predicted molar refractivity (Wildman–Crippen MR) is 87.5 cm³/mol. The fraction of sp³-hybridized carbons (Fsp3) is 0. The largest absolute Gasteiger partial charge is 0.350 e. The molecule has 0 spiro atoms. The van der Waals surface area contributed by atoms with Gasteiger partial charge >= 0.3 is 0 Å². The third-order valence-corrected chi connectivity index (χ3v) is 3.55. The van der Waals surface area contributed by atoms with E-state index >= 15 is 0 Å². The van der Waals surface area contributed by atoms with Crippen molar-refractivity contribution in [3.05, 3.63) is 70.3 Å². The zero-order valence-electron chi connectivity index (χ0n) is 11.0. The van der Waals surface area contributed by atoms with Crippen LogP contribution in [0.25, 0.3) is 10.9 Å². The Kier molecular flexibility index (Phi) is 3.83. The molecule has 4 nitrogen and oxygen atoms in total. The SMILES string of the molecule is O=C(N/N=C/c1ccc(Br)cc1)c1cc2ccccc2[nH]1. The van der Waals surface area contributed by atoms with E-state index in [2.05, 4.69) is 31.4 Å². The number of rotatable bonds is 3. The van der Waals surface area contributed by atoms with Crippen molar-refractivity contribution in [3.8, 4) is 0 Å². The summed E-state index contributed by atoms with van der Waals surface area (Å²) in [5, 5.41) is 4.96. The lowest BCUT2D eigenvalue weighted by molar-refractivity contribution is 0.0951. The van der Waals surface area contributed by atoms with Crippen molar-refractivity contribution in [1.82, 2.24) is 10.4 Å². The van der Waals surface area contributed by atoms with Gasteiger partial charge in [-0.2, -0.15) is 5.10 Å². The first kappa shape index (κ1) is 13.6. The van der Waals surface area contributed by atoms with Gasteiger partial charge in [0.1, 0.15) is 5.69 Å². The Hall–Kier alpha value is -2.40. The van der Waals surface area contributed by atoms with Gasteiger partial charge in [-0.15, -0.1) is 0 Å². The normalized spacial score (nSPS) is 11.1. The number of para-hydroxylation sites is 1. The molecule has 104 valence electrons. The van der Waals surface area contributed by atoms with Gasteiger partial charge < -0.3 is 4.98 Å². The van der Waals surface area contributed by atoms with Gasteiger partial charge in [0, 0.05) is 15.4 Å². The topological polar surface area (TPSA) is 57.2 Å². The average molecular weight is 342 g/mol. The van der Waals surface area contributed by atoms with Crippen LogP contribution in [0.3, 0.4) is 0 Å². The van der Waals surface area contributed by atoms with Gasteiger partial charge in [-0.3, -0.25) is 4.79 Å². The van der Waals surface area contributed by atoms with Gasteiger partial charge in [0.25, 0.3) is 5.91 Å². The molecule has 0 saturated carbocycles. The average Bonchev–Trinajstić information content (AvgIpc) is 2.93. The Balaban J connectivity index is 1.70. The predicted octanol–water partition coefficient (Wildman–Crippen LogP) is 3.69. The van der Waals surface area contributed by atoms with E-state index in [0.29, 0.717) is 5.69 Å². The van der Waals surface area contributed by atoms with Crippen molar-refractivity contribution in [2.45, 2.75) is 0 Å². The summed E-state index contributed by atoms with van der Waals surface area (Å²) in [6.07, 6.45) is 1.60. The second kappa shape index (κ2) is 5.93. The van der Waals surface area contributed by atoms with Gasteiger partial charge in [-0.05, 0) is 29.8 Å². The Labute approximate surface area is 130 Å². The highest BCUT2D eigenvalue weighted by atomic mass is 79.9. The number of amides is 1. The number of H-pyrrole nitrogens is 1. The maximum Gasteiger partial charge on any atom is 0.287 e. The lowest BCUT2D eigenvalue weighted by atomic mass is 10.2. The molecule has 0 atom stereocenters. The van der Waals surface area contributed by atoms with E-state index < -0.39 is 0 Å². The Morgan fingerprint density at radius 3 is 2.67 bits per heavy atom. The van der Waals surface area contributed by atoms with Crippen LogP contribution in [0.4, 0.5) is 0 Å². The second-order valence-corrected chi connectivity index (χ2v) is 5.44. The number of nitrogens with one attached hydrogen (secondary N) is 2. The van der Waals surface area contributed by atoms with Crippen LogP contribution in [0.1, 0.15) is 16.1 Å². The number of hydrogen-bond acceptors (Lipinski definition) is 2. The molecule has 21 heavy (non-hydrogen) atoms. The molecule has 1 heterocycles. The van der Waals surface area contributed by atoms with Crippen LogP contribution in [0, 0.1) is 0 Å². The summed E-state index contributed by atoms with van der Waals surface area (Å²) in [4.78, 5) is 15.1. The number of nitrogens with zero attached hydrogens (tertiary/aromatic N) is 1. The highest BCUT2D eigenvalue weighted by Gasteiger charge is 2.07. The van der Waals surface area contributed by atoms with Crippen molar-refractivity contribution < 1.29 is 4.79 Å². The molecule has 1 amide bonds. The summed E-state index contributed by atoms with van der Waals surface area (Å²) in [6.45, 7) is 0. The van der Waals surface area contributed by atoms with E-state index in [1.807, 2.05) is 48.5 Å². The maximum atomic E-state index is 12.0. The van der Waals surface area contributed by atoms with E-state index in [-0.39, 0.29) is 5.91 Å². The van der Waals surface area contributed by atoms with Gasteiger partial charge in [0.05, 0.1) is 6.21 Å². The molecule has 2 N–H and O–H groups in total. The number of carbonyl (C=O) groups excluding carboxylic acids is 1. The standard InChI is InChI=1S/C16H12BrN3O/c17-13-7-5-11(6-8-13)10-18-20-16(21)15-9-12-3-1-2-4-14(12)19-15/h1-10,19H,(H,20,21)/b18-10+. The van der Waals surface area contributed by atoms with Crippen molar-refractivity contribution in [2.75, 3.05) is 0 Å². The van der Waals surface area contributed by atoms with Crippen LogP contribution in [0.5, 0.6) is 0 Å². The van der Waals surface area contributed by atoms with Gasteiger partial charge in [-0.1, -0.05) is 46.3 Å². The smallest absolute Gasteiger partial charge is 0.287 e. The second-order valence-electron chi connectivity index (χ2n) is 4.52. The monoisotopic (exact) mass is 341 g/mol. The molecule has 0 unspecified atom stereocenters. The summed E-state index contributed by atoms with van der Waals surface area (Å²) in [5.74, 6) is -0.264. The summed E-state index contributed by atoms with van der Waals surface area (Å²) < 4.78 is 1.00. The Morgan fingerprint density at radius 2 is 1.90 bits per heavy atom. The molecule has 0 saturated heterocycles. The zero-order chi connectivity index (χ0) is 14.7. The third kappa shape index (κ3) is 3.20. The minimum atomic E-state index is -0.264. The molecule has 3 aromatic rings. The number of benzene rings is 2. The molecule has 3 rings (SSSR count). The lowest BCUT2D eigenvalue weighted by Crippen LogP contribution is -2.17. The van der Waals surface area contributed by atoms with E-state index in [1.165, 1.54) is 0 Å². The molecular weight excluding hydrogens is 330 g/mol. The zero-order valence-corrected chi connectivity index (χ0v) is 12.6. The summed E-state index contributed by atoms with van der Waals surface area (Å²) in [5.41, 5.74) is 4.84. The summed E-state index contributed by atoms with van der Waals surface area (Å²) in [7, 11) is 0. The summed E-state index contributed by atoms with van der Waals surface area (Å²) >= 11 is 3.37. The van der Waals surface area contributed by atoms with E-state index in [0.717, 1.165) is 20.9 Å². The van der Waals surface area contributed by atoms with Gasteiger partial charge in [0.2, 0.25) is 0 Å². The van der Waals surface area contributed by atoms with Crippen LogP contribution in [-0.2, 0) is 0 Å². The van der Waals surface area contributed by atoms with Crippen molar-refractivity contribution in [1.29, 1.82) is 0 Å². The van der Waals surface area contributed by atoms with Crippen molar-refractivity contribution in [3.63, 3.8) is 0 Å². The minimum Gasteiger partial charge on any atom is -0.350 e. The molecule has 0 aliphatic rings. The molecule has 0 aliphatic carbocycles. The molecule has 0 aliphatic heterocycles. The first-order valence-corrected chi connectivity index (χ1v) is 7.18. The fourth-order valence-corrected chi connectivity index (χ4v) is 2.23. The number of hydrazone groups is 1. The van der Waals surface area contributed by atoms with Crippen LogP contribution >= 0.6 is 15.9 Å². The molecule has 0 bridgehead atoms. The van der Waals surface area contributed by atoms with Gasteiger partial charge in [-0.25, -0.2) is 5.43 Å². The maximum absolute atomic E-state index is 12.0. The third-order valence-electron chi connectivity index (χ3n) is 3.02. The number of halogens is 1. The van der Waals surface area contributed by atoms with Crippen LogP contribution < -0.4 is 5.43 Å². The molecular formula is C16H12BrN3O. The van der Waals surface area contributed by atoms with E-state index in [9.17, 15) is 4.79 Å². The fourth-order valence-electron chi connectivity index (χ4n) is 1.97. The number of aromatic nitrogens is 1. The molecule has 5 heteroatoms. The van der Waals surface area contributed by atoms with E-state index in [4.69, 9.17) is 0 Å². The number of aromatic amines is 1. The van der Waals surface area contributed by atoms with Crippen molar-refractivity contribution in [2.24, 2.45) is 5.10 Å². The van der Waals surface area contributed by atoms with Crippen LogP contribution in [0.2, 0.25) is 0 Å². The number of hydrogen-bond donors (Lipinski definition) is 2. The first-order valence-electron chi connectivity index (χ1n) is 6.39. The lowest BCUT2D eigenvalue weighted by Gasteiger charge is -1.96. The summed E-state index contributed by atoms with van der Waals surface area (Å²) in [6, 6.07) is 17.2. The highest BCUT2D eigenvalue weighted by molar-refractivity contribution is 9.10. The first-order chi connectivity index (χ1) is 10.2.